The summed E-state index contributed by atoms with van der Waals surface area (Å²) in [5.74, 6) is -0.571. The largest absolute Gasteiger partial charge is 0.395 e. The van der Waals surface area contributed by atoms with Gasteiger partial charge in [-0.05, 0) is 6.92 Å². The quantitative estimate of drug-likeness (QED) is 0.853. The maximum absolute atomic E-state index is 12.2. The van der Waals surface area contributed by atoms with Gasteiger partial charge in [0.15, 0.2) is 0 Å². The molecule has 0 aliphatic heterocycles. The van der Waals surface area contributed by atoms with Gasteiger partial charge in [-0.1, -0.05) is 0 Å². The van der Waals surface area contributed by atoms with Gasteiger partial charge in [-0.15, -0.1) is 11.3 Å². The predicted molar refractivity (Wildman–Crippen MR) is 55.8 cm³/mol. The molecular weight excluding hydrogens is 238 g/mol. The molecule has 16 heavy (non-hydrogen) atoms. The fourth-order valence-electron chi connectivity index (χ4n) is 1.19. The minimum absolute atomic E-state index is 0.111. The van der Waals surface area contributed by atoms with Gasteiger partial charge in [0.25, 0.3) is 12.3 Å². The van der Waals surface area contributed by atoms with Gasteiger partial charge in [0.1, 0.15) is 5.69 Å². The lowest BCUT2D eigenvalue weighted by atomic mass is 10.3. The number of rotatable bonds is 5. The average Bonchev–Trinajstić information content (AvgIpc) is 2.62. The number of carbonyl (C=O) groups is 1. The molecule has 0 bridgehead atoms. The highest BCUT2D eigenvalue weighted by Gasteiger charge is 2.20. The molecule has 0 aliphatic carbocycles. The van der Waals surface area contributed by atoms with E-state index in [-0.39, 0.29) is 18.8 Å². The van der Waals surface area contributed by atoms with Gasteiger partial charge in [0.2, 0.25) is 0 Å². The van der Waals surface area contributed by atoms with Gasteiger partial charge < -0.3 is 10.0 Å². The third-order valence-electron chi connectivity index (χ3n) is 1.85. The summed E-state index contributed by atoms with van der Waals surface area (Å²) in [5.41, 5.74) is 0.150. The molecule has 0 aliphatic rings. The van der Waals surface area contributed by atoms with Crippen LogP contribution in [0, 0.1) is 6.92 Å². The van der Waals surface area contributed by atoms with E-state index >= 15 is 0 Å². The number of carbonyl (C=O) groups excluding carboxylic acids is 1. The number of amides is 1. The lowest BCUT2D eigenvalue weighted by molar-refractivity contribution is 0.0505. The number of thiazole rings is 1. The summed E-state index contributed by atoms with van der Waals surface area (Å²) in [7, 11) is 0. The fraction of sp³-hybridized carbons (Fsp3) is 0.556. The lowest BCUT2D eigenvalue weighted by Crippen LogP contribution is -2.37. The number of hydrogen-bond acceptors (Lipinski definition) is 4. The van der Waals surface area contributed by atoms with Gasteiger partial charge in [-0.3, -0.25) is 4.79 Å². The molecule has 0 atom stereocenters. The van der Waals surface area contributed by atoms with Crippen molar-refractivity contribution in [2.75, 3.05) is 19.7 Å². The number of aliphatic hydroxyl groups is 1. The Hall–Kier alpha value is -1.08. The van der Waals surface area contributed by atoms with E-state index in [1.54, 1.807) is 6.92 Å². The first kappa shape index (κ1) is 13.0. The van der Waals surface area contributed by atoms with E-state index in [2.05, 4.69) is 4.98 Å². The van der Waals surface area contributed by atoms with Crippen LogP contribution in [0.25, 0.3) is 0 Å². The predicted octanol–water partition coefficient (Wildman–Crippen LogP) is 1.15. The van der Waals surface area contributed by atoms with Crippen LogP contribution in [0.4, 0.5) is 8.78 Å². The molecule has 0 radical (unpaired) electrons. The summed E-state index contributed by atoms with van der Waals surface area (Å²) < 4.78 is 24.4. The van der Waals surface area contributed by atoms with E-state index in [9.17, 15) is 13.6 Å². The van der Waals surface area contributed by atoms with Crippen molar-refractivity contribution in [2.24, 2.45) is 0 Å². The highest BCUT2D eigenvalue weighted by Crippen LogP contribution is 2.11. The van der Waals surface area contributed by atoms with Crippen LogP contribution >= 0.6 is 11.3 Å². The summed E-state index contributed by atoms with van der Waals surface area (Å²) in [6.45, 7) is 0.586. The molecule has 1 aromatic rings. The molecule has 0 spiro atoms. The second kappa shape index (κ2) is 5.86. The van der Waals surface area contributed by atoms with Crippen molar-refractivity contribution in [1.29, 1.82) is 0 Å². The van der Waals surface area contributed by atoms with Crippen LogP contribution in [0.3, 0.4) is 0 Å². The summed E-state index contributed by atoms with van der Waals surface area (Å²) >= 11 is 1.28. The Morgan fingerprint density at radius 1 is 1.69 bits per heavy atom. The number of nitrogens with zero attached hydrogens (tertiary/aromatic N) is 2. The second-order valence-electron chi connectivity index (χ2n) is 3.12. The molecule has 0 saturated carbocycles. The molecule has 0 unspecified atom stereocenters. The van der Waals surface area contributed by atoms with Crippen molar-refractivity contribution < 1.29 is 18.7 Å². The monoisotopic (exact) mass is 250 g/mol. The zero-order valence-corrected chi connectivity index (χ0v) is 9.51. The van der Waals surface area contributed by atoms with Crippen molar-refractivity contribution in [3.63, 3.8) is 0 Å². The molecule has 90 valence electrons. The number of aliphatic hydroxyl groups excluding tert-OH is 1. The van der Waals surface area contributed by atoms with Crippen LogP contribution in [0.15, 0.2) is 5.38 Å². The maximum atomic E-state index is 12.2. The number of aryl methyl sites for hydroxylation is 1. The second-order valence-corrected chi connectivity index (χ2v) is 4.18. The summed E-state index contributed by atoms with van der Waals surface area (Å²) in [5, 5.41) is 10.9. The Morgan fingerprint density at radius 3 is 2.81 bits per heavy atom. The highest BCUT2D eigenvalue weighted by atomic mass is 32.1. The molecule has 4 nitrogen and oxygen atoms in total. The van der Waals surface area contributed by atoms with Gasteiger partial charge in [-0.25, -0.2) is 13.8 Å². The molecule has 1 amide bonds. The molecular formula is C9H12F2N2O2S. The van der Waals surface area contributed by atoms with E-state index in [1.807, 2.05) is 0 Å². The van der Waals surface area contributed by atoms with Crippen LogP contribution in [0.1, 0.15) is 15.5 Å². The zero-order chi connectivity index (χ0) is 12.1. The van der Waals surface area contributed by atoms with Gasteiger partial charge in [-0.2, -0.15) is 0 Å². The summed E-state index contributed by atoms with van der Waals surface area (Å²) in [6.07, 6.45) is -2.62. The van der Waals surface area contributed by atoms with Crippen molar-refractivity contribution >= 4 is 17.2 Å². The van der Waals surface area contributed by atoms with Crippen LogP contribution in [-0.2, 0) is 0 Å². The van der Waals surface area contributed by atoms with Crippen molar-refractivity contribution in [3.8, 4) is 0 Å². The average molecular weight is 250 g/mol. The third-order valence-corrected chi connectivity index (χ3v) is 2.63. The maximum Gasteiger partial charge on any atom is 0.273 e. The molecule has 1 rings (SSSR count). The van der Waals surface area contributed by atoms with Gasteiger partial charge >= 0.3 is 0 Å². The Labute approximate surface area is 95.5 Å². The van der Waals surface area contributed by atoms with Gasteiger partial charge in [0.05, 0.1) is 18.2 Å². The van der Waals surface area contributed by atoms with Crippen LogP contribution in [-0.4, -0.2) is 47.0 Å². The molecule has 0 fully saturated rings. The minimum Gasteiger partial charge on any atom is -0.395 e. The number of halogens is 2. The third kappa shape index (κ3) is 3.49. The number of aromatic nitrogens is 1. The Morgan fingerprint density at radius 2 is 2.38 bits per heavy atom. The normalized spacial score (nSPS) is 10.8. The smallest absolute Gasteiger partial charge is 0.273 e. The minimum atomic E-state index is -2.62. The first-order valence-corrected chi connectivity index (χ1v) is 5.53. The Bertz CT molecular complexity index is 357. The first-order chi connectivity index (χ1) is 7.54. The van der Waals surface area contributed by atoms with E-state index in [4.69, 9.17) is 5.11 Å². The van der Waals surface area contributed by atoms with Crippen molar-refractivity contribution in [1.82, 2.24) is 9.88 Å². The summed E-state index contributed by atoms with van der Waals surface area (Å²) in [6, 6.07) is 0. The van der Waals surface area contributed by atoms with Gasteiger partial charge in [0, 0.05) is 11.9 Å². The van der Waals surface area contributed by atoms with Crippen LogP contribution < -0.4 is 0 Å². The van der Waals surface area contributed by atoms with Crippen LogP contribution in [0.2, 0.25) is 0 Å². The topological polar surface area (TPSA) is 53.4 Å². The molecule has 0 aromatic carbocycles. The highest BCUT2D eigenvalue weighted by molar-refractivity contribution is 7.09. The molecule has 7 heteroatoms. The lowest BCUT2D eigenvalue weighted by Gasteiger charge is -2.19. The zero-order valence-electron chi connectivity index (χ0n) is 8.69. The standard InChI is InChI=1S/C9H12F2N2O2S/c1-6-12-7(5-16-6)9(15)13(2-3-14)4-8(10)11/h5,8,14H,2-4H2,1H3. The SMILES string of the molecule is Cc1nc(C(=O)N(CCO)CC(F)F)cs1. The first-order valence-electron chi connectivity index (χ1n) is 4.65. The summed E-state index contributed by atoms with van der Waals surface area (Å²) in [4.78, 5) is 16.5. The van der Waals surface area contributed by atoms with Crippen molar-refractivity contribution in [2.45, 2.75) is 13.3 Å². The fourth-order valence-corrected chi connectivity index (χ4v) is 1.77. The van der Waals surface area contributed by atoms with E-state index < -0.39 is 18.9 Å². The molecule has 1 aromatic heterocycles. The van der Waals surface area contributed by atoms with Crippen molar-refractivity contribution in [3.05, 3.63) is 16.1 Å². The van der Waals surface area contributed by atoms with E-state index in [0.717, 1.165) is 4.90 Å². The van der Waals surface area contributed by atoms with E-state index in [0.29, 0.717) is 5.01 Å². The van der Waals surface area contributed by atoms with Crippen LogP contribution in [0.5, 0.6) is 0 Å². The molecule has 0 saturated heterocycles. The molecule has 1 heterocycles. The molecule has 1 N–H and O–H groups in total. The Kier molecular flexibility index (Phi) is 4.75. The van der Waals surface area contributed by atoms with E-state index in [1.165, 1.54) is 16.7 Å². The number of hydrogen-bond donors (Lipinski definition) is 1. The Balaban J connectivity index is 2.74. The number of alkyl halides is 2.